The van der Waals surface area contributed by atoms with Crippen molar-refractivity contribution in [3.8, 4) is 22.9 Å². The van der Waals surface area contributed by atoms with Crippen molar-refractivity contribution in [2.24, 2.45) is 0 Å². The molecule has 4 aromatic rings. The van der Waals surface area contributed by atoms with Crippen molar-refractivity contribution >= 4 is 22.6 Å². The van der Waals surface area contributed by atoms with Crippen LogP contribution in [-0.4, -0.2) is 35.1 Å². The van der Waals surface area contributed by atoms with Crippen LogP contribution in [0.1, 0.15) is 11.1 Å². The first-order chi connectivity index (χ1) is 15.1. The number of hydrogen-bond acceptors (Lipinski definition) is 6. The lowest BCUT2D eigenvalue weighted by molar-refractivity contribution is 0.219. The van der Waals surface area contributed by atoms with Gasteiger partial charge >= 0.3 is 6.01 Å². The highest BCUT2D eigenvalue weighted by Gasteiger charge is 2.21. The molecule has 0 atom stereocenters. The van der Waals surface area contributed by atoms with Crippen LogP contribution in [0.4, 0.5) is 4.39 Å². The Morgan fingerprint density at radius 1 is 1.19 bits per heavy atom. The second-order valence-corrected chi connectivity index (χ2v) is 7.78. The zero-order valence-electron chi connectivity index (χ0n) is 16.8. The number of hydrogen-bond donors (Lipinski definition) is 0. The van der Waals surface area contributed by atoms with Crippen molar-refractivity contribution in [3.63, 3.8) is 0 Å². The standard InChI is InChI=1S/C23H19ClFN3O3/c1-29-23-26-9-14(10-27-23)11-28-4-5-30-22-16(12-28)6-15(7-20(22)24)19-13-31-21-8-17(25)2-3-18(19)21/h2-3,6-10,13H,4-5,11-12H2,1H3. The largest absolute Gasteiger partial charge is 0.490 e. The van der Waals surface area contributed by atoms with Crippen molar-refractivity contribution < 1.29 is 18.3 Å². The second kappa shape index (κ2) is 8.17. The molecule has 2 aromatic carbocycles. The van der Waals surface area contributed by atoms with Crippen molar-refractivity contribution in [1.29, 1.82) is 0 Å². The van der Waals surface area contributed by atoms with Crippen LogP contribution >= 0.6 is 11.6 Å². The van der Waals surface area contributed by atoms with Crippen LogP contribution in [0.3, 0.4) is 0 Å². The molecule has 1 aliphatic heterocycles. The molecular weight excluding hydrogens is 421 g/mol. The first kappa shape index (κ1) is 19.8. The Bertz CT molecular complexity index is 1240. The molecule has 0 saturated heterocycles. The molecule has 31 heavy (non-hydrogen) atoms. The quantitative estimate of drug-likeness (QED) is 0.441. The minimum absolute atomic E-state index is 0.333. The van der Waals surface area contributed by atoms with Crippen LogP contribution in [0.5, 0.6) is 11.8 Å². The summed E-state index contributed by atoms with van der Waals surface area (Å²) in [4.78, 5) is 10.6. The van der Waals surface area contributed by atoms with Crippen LogP contribution in [0.25, 0.3) is 22.1 Å². The maximum absolute atomic E-state index is 13.5. The number of ether oxygens (including phenoxy) is 2. The lowest BCUT2D eigenvalue weighted by atomic mass is 10.0. The lowest BCUT2D eigenvalue weighted by Crippen LogP contribution is -2.25. The van der Waals surface area contributed by atoms with E-state index in [1.54, 1.807) is 31.8 Å². The van der Waals surface area contributed by atoms with Crippen LogP contribution in [0.2, 0.25) is 5.02 Å². The van der Waals surface area contributed by atoms with E-state index in [4.69, 9.17) is 25.5 Å². The van der Waals surface area contributed by atoms with E-state index in [1.807, 2.05) is 6.07 Å². The molecule has 0 saturated carbocycles. The van der Waals surface area contributed by atoms with E-state index < -0.39 is 0 Å². The van der Waals surface area contributed by atoms with E-state index >= 15 is 0 Å². The zero-order valence-corrected chi connectivity index (χ0v) is 17.5. The summed E-state index contributed by atoms with van der Waals surface area (Å²) in [6.07, 6.45) is 5.16. The average Bonchev–Trinajstić information content (AvgIpc) is 3.07. The minimum Gasteiger partial charge on any atom is -0.490 e. The second-order valence-electron chi connectivity index (χ2n) is 7.37. The summed E-state index contributed by atoms with van der Waals surface area (Å²) in [5.41, 5.74) is 4.21. The van der Waals surface area contributed by atoms with Gasteiger partial charge in [0, 0.05) is 60.2 Å². The van der Waals surface area contributed by atoms with Gasteiger partial charge in [-0.3, -0.25) is 4.90 Å². The van der Waals surface area contributed by atoms with E-state index in [2.05, 4.69) is 20.9 Å². The fraction of sp³-hybridized carbons (Fsp3) is 0.217. The highest BCUT2D eigenvalue weighted by molar-refractivity contribution is 6.32. The number of methoxy groups -OCH3 is 1. The van der Waals surface area contributed by atoms with Gasteiger partial charge in [-0.05, 0) is 29.8 Å². The lowest BCUT2D eigenvalue weighted by Gasteiger charge is -2.19. The van der Waals surface area contributed by atoms with Gasteiger partial charge < -0.3 is 13.9 Å². The summed E-state index contributed by atoms with van der Waals surface area (Å²) >= 11 is 6.59. The summed E-state index contributed by atoms with van der Waals surface area (Å²) in [6, 6.07) is 8.78. The summed E-state index contributed by atoms with van der Waals surface area (Å²) in [6.45, 7) is 2.58. The first-order valence-corrected chi connectivity index (χ1v) is 10.2. The van der Waals surface area contributed by atoms with Gasteiger partial charge in [0.25, 0.3) is 0 Å². The molecule has 158 valence electrons. The number of nitrogens with zero attached hydrogens (tertiary/aromatic N) is 3. The van der Waals surface area contributed by atoms with Gasteiger partial charge in [0.1, 0.15) is 23.8 Å². The molecule has 0 N–H and O–H groups in total. The molecular formula is C23H19ClFN3O3. The van der Waals surface area contributed by atoms with E-state index in [1.165, 1.54) is 12.1 Å². The molecule has 0 bridgehead atoms. The van der Waals surface area contributed by atoms with E-state index in [-0.39, 0.29) is 5.82 Å². The third kappa shape index (κ3) is 3.94. The molecule has 0 unspecified atom stereocenters. The van der Waals surface area contributed by atoms with Crippen molar-refractivity contribution in [1.82, 2.24) is 14.9 Å². The van der Waals surface area contributed by atoms with Crippen molar-refractivity contribution in [2.45, 2.75) is 13.1 Å². The Morgan fingerprint density at radius 2 is 2.03 bits per heavy atom. The molecule has 6 nitrogen and oxygen atoms in total. The molecule has 3 heterocycles. The number of benzene rings is 2. The third-order valence-corrected chi connectivity index (χ3v) is 5.57. The Morgan fingerprint density at radius 3 is 2.84 bits per heavy atom. The van der Waals surface area contributed by atoms with Gasteiger partial charge in [-0.25, -0.2) is 14.4 Å². The molecule has 5 rings (SSSR count). The Labute approximate surface area is 183 Å². The minimum atomic E-state index is -0.333. The van der Waals surface area contributed by atoms with Gasteiger partial charge in [-0.1, -0.05) is 11.6 Å². The van der Waals surface area contributed by atoms with Crippen LogP contribution in [-0.2, 0) is 13.1 Å². The fourth-order valence-electron chi connectivity index (χ4n) is 3.83. The summed E-state index contributed by atoms with van der Waals surface area (Å²) < 4.78 is 30.1. The van der Waals surface area contributed by atoms with Crippen LogP contribution < -0.4 is 9.47 Å². The fourth-order valence-corrected chi connectivity index (χ4v) is 4.12. The number of halogens is 2. The van der Waals surface area contributed by atoms with Crippen molar-refractivity contribution in [3.05, 3.63) is 71.0 Å². The predicted molar refractivity (Wildman–Crippen MR) is 115 cm³/mol. The highest BCUT2D eigenvalue weighted by atomic mass is 35.5. The molecule has 1 aliphatic rings. The van der Waals surface area contributed by atoms with Crippen LogP contribution in [0.15, 0.2) is 53.4 Å². The smallest absolute Gasteiger partial charge is 0.316 e. The van der Waals surface area contributed by atoms with Crippen LogP contribution in [0, 0.1) is 5.82 Å². The van der Waals surface area contributed by atoms with Crippen molar-refractivity contribution in [2.75, 3.05) is 20.3 Å². The SMILES string of the molecule is COc1ncc(CN2CCOc3c(Cl)cc(-c4coc5cc(F)ccc45)cc3C2)cn1. The van der Waals surface area contributed by atoms with Gasteiger partial charge in [-0.2, -0.15) is 0 Å². The number of aromatic nitrogens is 2. The monoisotopic (exact) mass is 439 g/mol. The number of furan rings is 1. The Balaban J connectivity index is 1.46. The predicted octanol–water partition coefficient (Wildman–Crippen LogP) is 5.09. The van der Waals surface area contributed by atoms with E-state index in [9.17, 15) is 4.39 Å². The highest BCUT2D eigenvalue weighted by Crippen LogP contribution is 2.39. The summed E-state index contributed by atoms with van der Waals surface area (Å²) in [5.74, 6) is 0.359. The zero-order chi connectivity index (χ0) is 21.4. The summed E-state index contributed by atoms with van der Waals surface area (Å²) in [7, 11) is 1.54. The number of fused-ring (bicyclic) bond motifs is 2. The molecule has 0 amide bonds. The maximum atomic E-state index is 13.5. The van der Waals surface area contributed by atoms with Gasteiger partial charge in [-0.15, -0.1) is 0 Å². The molecule has 2 aromatic heterocycles. The molecule has 8 heteroatoms. The molecule has 0 spiro atoms. The maximum Gasteiger partial charge on any atom is 0.316 e. The molecule has 0 radical (unpaired) electrons. The normalized spacial score (nSPS) is 14.2. The molecule has 0 fully saturated rings. The van der Waals surface area contributed by atoms with Gasteiger partial charge in [0.2, 0.25) is 0 Å². The van der Waals surface area contributed by atoms with Gasteiger partial charge in [0.15, 0.2) is 0 Å². The van der Waals surface area contributed by atoms with E-state index in [0.717, 1.165) is 34.2 Å². The topological polar surface area (TPSA) is 60.6 Å². The third-order valence-electron chi connectivity index (χ3n) is 5.29. The van der Waals surface area contributed by atoms with Gasteiger partial charge in [0.05, 0.1) is 18.4 Å². The first-order valence-electron chi connectivity index (χ1n) is 9.80. The summed E-state index contributed by atoms with van der Waals surface area (Å²) in [5, 5.41) is 1.37. The molecule has 0 aliphatic carbocycles. The Hall–Kier alpha value is -3.16. The average molecular weight is 440 g/mol. The number of rotatable bonds is 4. The Kier molecular flexibility index (Phi) is 5.21. The van der Waals surface area contributed by atoms with E-state index in [0.29, 0.717) is 42.1 Å².